The van der Waals surface area contributed by atoms with Crippen LogP contribution >= 0.6 is 23.5 Å². The van der Waals surface area contributed by atoms with Crippen molar-refractivity contribution in [3.63, 3.8) is 0 Å². The average molecular weight is 638 g/mol. The maximum atomic E-state index is 6.10. The summed E-state index contributed by atoms with van der Waals surface area (Å²) in [5.41, 5.74) is 18.7. The largest absolute Gasteiger partial charge is 0.405 e. The Labute approximate surface area is 280 Å². The summed E-state index contributed by atoms with van der Waals surface area (Å²) < 4.78 is 0. The molecular weight excluding hydrogens is 599 g/mol. The van der Waals surface area contributed by atoms with E-state index in [1.165, 1.54) is 54.6 Å². The lowest BCUT2D eigenvalue weighted by atomic mass is 9.84. The fraction of sp³-hybridized carbons (Fsp3) is 0.0976. The molecule has 46 heavy (non-hydrogen) atoms. The number of allylic oxidation sites excluding steroid dienone is 6. The molecule has 5 heteroatoms. The van der Waals surface area contributed by atoms with Gasteiger partial charge in [-0.25, -0.2) is 0 Å². The normalized spacial score (nSPS) is 12.8. The van der Waals surface area contributed by atoms with E-state index in [0.717, 1.165) is 35.5 Å². The van der Waals surface area contributed by atoms with Gasteiger partial charge in [-0.05, 0) is 114 Å². The average Bonchev–Trinajstić information content (AvgIpc) is 3.10. The lowest BCUT2D eigenvalue weighted by molar-refractivity contribution is 1.25. The lowest BCUT2D eigenvalue weighted by Gasteiger charge is -2.20. The van der Waals surface area contributed by atoms with E-state index in [1.54, 1.807) is 42.1 Å². The minimum Gasteiger partial charge on any atom is -0.405 e. The van der Waals surface area contributed by atoms with Crippen LogP contribution in [0.5, 0.6) is 0 Å². The maximum absolute atomic E-state index is 6.10. The van der Waals surface area contributed by atoms with Gasteiger partial charge in [0.05, 0.1) is 0 Å². The number of thioether (sulfide) groups is 2. The van der Waals surface area contributed by atoms with Gasteiger partial charge in [0.1, 0.15) is 0 Å². The van der Waals surface area contributed by atoms with Gasteiger partial charge in [-0.2, -0.15) is 0 Å². The predicted molar refractivity (Wildman–Crippen MR) is 210 cm³/mol. The number of rotatable bonds is 14. The van der Waals surface area contributed by atoms with Crippen LogP contribution in [0, 0.1) is 0 Å². The van der Waals surface area contributed by atoms with Crippen LogP contribution in [0.25, 0.3) is 54.6 Å². The molecule has 0 amide bonds. The topological polar surface area (TPSA) is 64.4 Å². The lowest BCUT2D eigenvalue weighted by Crippen LogP contribution is -1.96. The number of aliphatic imine (C=N–C) groups is 1. The Bertz CT molecular complexity index is 2010. The maximum Gasteiger partial charge on any atom is 0.0323 e. The zero-order valence-electron chi connectivity index (χ0n) is 25.9. The second-order valence-corrected chi connectivity index (χ2v) is 12.6. The summed E-state index contributed by atoms with van der Waals surface area (Å²) in [7, 11) is 0. The number of benzene rings is 5. The van der Waals surface area contributed by atoms with Crippen molar-refractivity contribution in [1.29, 1.82) is 0 Å². The van der Waals surface area contributed by atoms with Crippen molar-refractivity contribution < 1.29 is 0 Å². The van der Waals surface area contributed by atoms with Crippen LogP contribution in [0.3, 0.4) is 0 Å². The molecule has 0 atom stereocenters. The van der Waals surface area contributed by atoms with E-state index in [0.29, 0.717) is 0 Å². The Balaban J connectivity index is 1.79. The van der Waals surface area contributed by atoms with Gasteiger partial charge in [-0.15, -0.1) is 23.5 Å². The van der Waals surface area contributed by atoms with Crippen molar-refractivity contribution in [3.05, 3.63) is 156 Å². The van der Waals surface area contributed by atoms with Crippen molar-refractivity contribution in [2.24, 2.45) is 16.5 Å². The third-order valence-corrected chi connectivity index (χ3v) is 9.44. The van der Waals surface area contributed by atoms with Crippen molar-refractivity contribution in [3.8, 4) is 11.1 Å². The summed E-state index contributed by atoms with van der Waals surface area (Å²) >= 11 is 3.43. The second kappa shape index (κ2) is 16.6. The molecule has 0 unspecified atom stereocenters. The molecule has 0 saturated carbocycles. The van der Waals surface area contributed by atoms with E-state index in [2.05, 4.69) is 115 Å². The van der Waals surface area contributed by atoms with Crippen molar-refractivity contribution in [1.82, 2.24) is 0 Å². The molecule has 230 valence electrons. The molecule has 0 radical (unpaired) electrons. The first kappa shape index (κ1) is 32.7. The highest BCUT2D eigenvalue weighted by Crippen LogP contribution is 2.43. The first-order chi connectivity index (χ1) is 22.7. The molecule has 0 heterocycles. The number of hydrogen-bond acceptors (Lipinski definition) is 5. The molecule has 0 aliphatic carbocycles. The van der Waals surface area contributed by atoms with Gasteiger partial charge in [-0.1, -0.05) is 104 Å². The standard InChI is InChI=1S/C41H39N3S2/c1-3-30(13-9-26-46-28-24-44-2)40-36-16-6-7-17-37(36)41(32(21-22-42)14-10-25-45-27-23-43)39-29-33(19-20-38(39)40)35-18-8-12-31-11-4-5-15-34(31)35/h3-8,11-24,27-29H,1-2,9-10,25-26,42-43H2/b22-21-,27-23-,28-24-,30-13+,32-14+. The smallest absolute Gasteiger partial charge is 0.0323 e. The van der Waals surface area contributed by atoms with Crippen LogP contribution in [0.1, 0.15) is 24.0 Å². The number of hydrogen-bond donors (Lipinski definition) is 2. The molecule has 0 bridgehead atoms. The highest BCUT2D eigenvalue weighted by Gasteiger charge is 2.18. The summed E-state index contributed by atoms with van der Waals surface area (Å²) in [6.45, 7) is 7.78. The SMILES string of the molecule is C=C/C(=C\CCS/C=C\N=C)c1c2ccccc2c(C(/C=C\N)=C/CCS/C=C\N)c2cc(-c3cccc4ccccc34)ccc12. The molecule has 0 fully saturated rings. The Morgan fingerprint density at radius 3 is 2.00 bits per heavy atom. The molecule has 0 aromatic heterocycles. The zero-order chi connectivity index (χ0) is 32.1. The summed E-state index contributed by atoms with van der Waals surface area (Å²) in [6.07, 6.45) is 15.3. The Morgan fingerprint density at radius 1 is 0.674 bits per heavy atom. The van der Waals surface area contributed by atoms with Gasteiger partial charge in [0.25, 0.3) is 0 Å². The van der Waals surface area contributed by atoms with E-state index in [9.17, 15) is 0 Å². The predicted octanol–water partition coefficient (Wildman–Crippen LogP) is 11.1. The molecule has 5 aromatic rings. The summed E-state index contributed by atoms with van der Waals surface area (Å²) in [4.78, 5) is 3.80. The second-order valence-electron chi connectivity index (χ2n) is 10.6. The van der Waals surface area contributed by atoms with E-state index >= 15 is 0 Å². The number of fused-ring (bicyclic) bond motifs is 3. The van der Waals surface area contributed by atoms with E-state index < -0.39 is 0 Å². The fourth-order valence-electron chi connectivity index (χ4n) is 5.93. The van der Waals surface area contributed by atoms with Gasteiger partial charge in [0.15, 0.2) is 0 Å². The van der Waals surface area contributed by atoms with E-state index in [1.807, 2.05) is 23.0 Å². The molecule has 0 aliphatic rings. The van der Waals surface area contributed by atoms with Crippen LogP contribution in [0.2, 0.25) is 0 Å². The molecule has 0 aliphatic heterocycles. The van der Waals surface area contributed by atoms with Crippen LogP contribution < -0.4 is 11.5 Å². The fourth-order valence-corrected chi connectivity index (χ4v) is 7.00. The third-order valence-electron chi connectivity index (χ3n) is 7.83. The summed E-state index contributed by atoms with van der Waals surface area (Å²) in [5.74, 6) is 1.86. The zero-order valence-corrected chi connectivity index (χ0v) is 27.6. The summed E-state index contributed by atoms with van der Waals surface area (Å²) in [6, 6.07) is 30.7. The quantitative estimate of drug-likeness (QED) is 0.0550. The number of nitrogens with two attached hydrogens (primary N) is 2. The minimum absolute atomic E-state index is 0.876. The Morgan fingerprint density at radius 2 is 1.30 bits per heavy atom. The molecule has 0 saturated heterocycles. The van der Waals surface area contributed by atoms with Crippen LogP contribution in [0.4, 0.5) is 0 Å². The van der Waals surface area contributed by atoms with Gasteiger partial charge < -0.3 is 11.5 Å². The van der Waals surface area contributed by atoms with Crippen LogP contribution in [-0.4, -0.2) is 18.2 Å². The van der Waals surface area contributed by atoms with Crippen molar-refractivity contribution in [2.45, 2.75) is 12.8 Å². The van der Waals surface area contributed by atoms with Gasteiger partial charge in [0.2, 0.25) is 0 Å². The highest BCUT2D eigenvalue weighted by molar-refractivity contribution is 8.02. The monoisotopic (exact) mass is 637 g/mol. The number of nitrogens with zero attached hydrogens (tertiary/aromatic N) is 1. The molecule has 5 aromatic carbocycles. The van der Waals surface area contributed by atoms with Crippen molar-refractivity contribution in [2.75, 3.05) is 11.5 Å². The molecule has 5 rings (SSSR count). The van der Waals surface area contributed by atoms with Crippen LogP contribution in [0.15, 0.2) is 150 Å². The van der Waals surface area contributed by atoms with Crippen LogP contribution in [-0.2, 0) is 0 Å². The molecular formula is C41H39N3S2. The minimum atomic E-state index is 0.876. The first-order valence-electron chi connectivity index (χ1n) is 15.3. The third kappa shape index (κ3) is 7.39. The van der Waals surface area contributed by atoms with Gasteiger partial charge in [0, 0.05) is 23.9 Å². The highest BCUT2D eigenvalue weighted by atomic mass is 32.2. The Hall–Kier alpha value is -4.71. The Kier molecular flexibility index (Phi) is 11.8. The van der Waals surface area contributed by atoms with E-state index in [4.69, 9.17) is 11.5 Å². The molecule has 4 N–H and O–H groups in total. The summed E-state index contributed by atoms with van der Waals surface area (Å²) in [5, 5.41) is 11.1. The molecule has 3 nitrogen and oxygen atoms in total. The molecule has 0 spiro atoms. The van der Waals surface area contributed by atoms with Gasteiger partial charge >= 0.3 is 0 Å². The first-order valence-corrected chi connectivity index (χ1v) is 17.4. The van der Waals surface area contributed by atoms with Gasteiger partial charge in [-0.3, -0.25) is 4.99 Å². The van der Waals surface area contributed by atoms with E-state index in [-0.39, 0.29) is 0 Å². The van der Waals surface area contributed by atoms with Crippen molar-refractivity contribution >= 4 is 73.7 Å².